The Morgan fingerprint density at radius 3 is 2.73 bits per heavy atom. The molecule has 0 spiro atoms. The molecule has 114 valence electrons. The lowest BCUT2D eigenvalue weighted by atomic mass is 10.2. The molecule has 7 nitrogen and oxygen atoms in total. The van der Waals surface area contributed by atoms with Gasteiger partial charge >= 0.3 is 5.97 Å². The number of aliphatic hydroxyl groups is 1. The number of nitrogens with zero attached hydrogens (tertiary/aromatic N) is 4. The van der Waals surface area contributed by atoms with Gasteiger partial charge in [0.05, 0.1) is 28.9 Å². The van der Waals surface area contributed by atoms with E-state index in [1.165, 1.54) is 22.7 Å². The summed E-state index contributed by atoms with van der Waals surface area (Å²) >= 11 is 2.78. The fraction of sp³-hybridized carbons (Fsp3) is 0.231. The van der Waals surface area contributed by atoms with Crippen LogP contribution in [0.5, 0.6) is 0 Å². The number of thiazole rings is 1. The van der Waals surface area contributed by atoms with E-state index in [1.807, 2.05) is 11.9 Å². The molecule has 1 aromatic carbocycles. The zero-order valence-corrected chi connectivity index (χ0v) is 13.2. The second kappa shape index (κ2) is 5.95. The van der Waals surface area contributed by atoms with E-state index in [0.717, 1.165) is 20.4 Å². The summed E-state index contributed by atoms with van der Waals surface area (Å²) in [6, 6.07) is 4.88. The number of aliphatic hydroxyl groups excluding tert-OH is 1. The zero-order chi connectivity index (χ0) is 15.7. The molecule has 0 radical (unpaired) electrons. The molecule has 3 aromatic rings. The minimum Gasteiger partial charge on any atom is -0.478 e. The van der Waals surface area contributed by atoms with Crippen molar-refractivity contribution < 1.29 is 15.0 Å². The SMILES string of the molecule is CN(Cc1nnc(CO)s1)c1nc2ccc(C(=O)O)cc2s1. The number of anilines is 1. The van der Waals surface area contributed by atoms with Crippen molar-refractivity contribution in [3.8, 4) is 0 Å². The topological polar surface area (TPSA) is 99.4 Å². The average molecular weight is 336 g/mol. The molecule has 9 heteroatoms. The highest BCUT2D eigenvalue weighted by molar-refractivity contribution is 7.22. The summed E-state index contributed by atoms with van der Waals surface area (Å²) in [5.74, 6) is -0.949. The number of carboxylic acids is 1. The second-order valence-corrected chi connectivity index (χ2v) is 6.74. The Morgan fingerprint density at radius 2 is 2.05 bits per heavy atom. The number of hydrogen-bond acceptors (Lipinski definition) is 8. The molecule has 2 N–H and O–H groups in total. The number of carboxylic acid groups (broad SMARTS) is 1. The van der Waals surface area contributed by atoms with Crippen molar-refractivity contribution in [3.63, 3.8) is 0 Å². The molecule has 0 atom stereocenters. The van der Waals surface area contributed by atoms with Crippen LogP contribution in [0, 0.1) is 0 Å². The van der Waals surface area contributed by atoms with Crippen LogP contribution in [0.15, 0.2) is 18.2 Å². The van der Waals surface area contributed by atoms with E-state index in [0.29, 0.717) is 11.6 Å². The Morgan fingerprint density at radius 1 is 1.27 bits per heavy atom. The molecule has 2 aromatic heterocycles. The third-order valence-electron chi connectivity index (χ3n) is 2.97. The van der Waals surface area contributed by atoms with E-state index in [2.05, 4.69) is 15.2 Å². The maximum absolute atomic E-state index is 11.0. The van der Waals surface area contributed by atoms with E-state index in [1.54, 1.807) is 18.2 Å². The molecule has 0 aliphatic rings. The highest BCUT2D eigenvalue weighted by atomic mass is 32.1. The van der Waals surface area contributed by atoms with E-state index in [9.17, 15) is 4.79 Å². The van der Waals surface area contributed by atoms with Crippen LogP contribution in [-0.2, 0) is 13.2 Å². The standard InChI is InChI=1S/C13H12N4O3S2/c1-17(5-10-15-16-11(6-18)22-10)13-14-8-3-2-7(12(19)20)4-9(8)21-13/h2-4,18H,5-6H2,1H3,(H,19,20). The predicted octanol–water partition coefficient (Wildman–Crippen LogP) is 1.97. The minimum absolute atomic E-state index is 0.111. The third-order valence-corrected chi connectivity index (χ3v) is 4.99. The molecule has 0 bridgehead atoms. The Balaban J connectivity index is 1.84. The van der Waals surface area contributed by atoms with Crippen LogP contribution in [-0.4, -0.2) is 38.4 Å². The number of rotatable bonds is 5. The van der Waals surface area contributed by atoms with Crippen LogP contribution in [0.4, 0.5) is 5.13 Å². The van der Waals surface area contributed by atoms with Gasteiger partial charge in [0.1, 0.15) is 10.0 Å². The first kappa shape index (κ1) is 14.8. The fourth-order valence-electron chi connectivity index (χ4n) is 1.90. The van der Waals surface area contributed by atoms with Gasteiger partial charge in [-0.3, -0.25) is 0 Å². The molecule has 3 rings (SSSR count). The highest BCUT2D eigenvalue weighted by Gasteiger charge is 2.13. The van der Waals surface area contributed by atoms with E-state index in [-0.39, 0.29) is 12.2 Å². The monoisotopic (exact) mass is 336 g/mol. The second-order valence-electron chi connectivity index (χ2n) is 4.59. The van der Waals surface area contributed by atoms with Gasteiger partial charge in [0.25, 0.3) is 0 Å². The summed E-state index contributed by atoms with van der Waals surface area (Å²) in [5, 5.41) is 28.0. The average Bonchev–Trinajstić information content (AvgIpc) is 3.12. The Kier molecular flexibility index (Phi) is 4.01. The number of carbonyl (C=O) groups is 1. The maximum Gasteiger partial charge on any atom is 0.335 e. The summed E-state index contributed by atoms with van der Waals surface area (Å²) < 4.78 is 0.829. The molecule has 0 fully saturated rings. The first-order valence-corrected chi connectivity index (χ1v) is 7.97. The summed E-state index contributed by atoms with van der Waals surface area (Å²) in [6.45, 7) is 0.420. The molecule has 0 aliphatic carbocycles. The Hall–Kier alpha value is -2.10. The van der Waals surface area contributed by atoms with Gasteiger partial charge in [-0.05, 0) is 18.2 Å². The van der Waals surface area contributed by atoms with Crippen molar-refractivity contribution in [3.05, 3.63) is 33.8 Å². The van der Waals surface area contributed by atoms with Gasteiger partial charge in [0.2, 0.25) is 0 Å². The quantitative estimate of drug-likeness (QED) is 0.735. The number of hydrogen-bond donors (Lipinski definition) is 2. The molecule has 0 saturated heterocycles. The zero-order valence-electron chi connectivity index (χ0n) is 11.6. The molecular weight excluding hydrogens is 324 g/mol. The molecule has 0 unspecified atom stereocenters. The van der Waals surface area contributed by atoms with Crippen LogP contribution in [0.25, 0.3) is 10.2 Å². The maximum atomic E-state index is 11.0. The Bertz CT molecular complexity index is 830. The molecule has 0 aliphatic heterocycles. The third kappa shape index (κ3) is 2.91. The minimum atomic E-state index is -0.949. The van der Waals surface area contributed by atoms with Crippen molar-refractivity contribution in [2.75, 3.05) is 11.9 Å². The van der Waals surface area contributed by atoms with Gasteiger partial charge in [-0.1, -0.05) is 22.7 Å². The number of aromatic nitrogens is 3. The van der Waals surface area contributed by atoms with Gasteiger partial charge in [0, 0.05) is 7.05 Å². The van der Waals surface area contributed by atoms with Gasteiger partial charge < -0.3 is 15.1 Å². The molecule has 0 amide bonds. The van der Waals surface area contributed by atoms with Crippen molar-refractivity contribution >= 4 is 44.0 Å². The van der Waals surface area contributed by atoms with E-state index in [4.69, 9.17) is 10.2 Å². The van der Waals surface area contributed by atoms with E-state index < -0.39 is 5.97 Å². The van der Waals surface area contributed by atoms with Crippen molar-refractivity contribution in [1.29, 1.82) is 0 Å². The van der Waals surface area contributed by atoms with Crippen molar-refractivity contribution in [1.82, 2.24) is 15.2 Å². The first-order valence-electron chi connectivity index (χ1n) is 6.34. The van der Waals surface area contributed by atoms with Crippen molar-refractivity contribution in [2.45, 2.75) is 13.2 Å². The molecule has 2 heterocycles. The molecule has 22 heavy (non-hydrogen) atoms. The first-order chi connectivity index (χ1) is 10.6. The molecule has 0 saturated carbocycles. The Labute approximate surface area is 133 Å². The number of aromatic carboxylic acids is 1. The van der Waals surface area contributed by atoms with Gasteiger partial charge in [-0.25, -0.2) is 9.78 Å². The van der Waals surface area contributed by atoms with Crippen LogP contribution in [0.1, 0.15) is 20.4 Å². The predicted molar refractivity (Wildman–Crippen MR) is 84.5 cm³/mol. The summed E-state index contributed by atoms with van der Waals surface area (Å²) in [4.78, 5) is 17.4. The lowest BCUT2D eigenvalue weighted by Crippen LogP contribution is -2.15. The lowest BCUT2D eigenvalue weighted by molar-refractivity contribution is 0.0697. The van der Waals surface area contributed by atoms with Gasteiger partial charge in [-0.2, -0.15) is 0 Å². The van der Waals surface area contributed by atoms with Crippen LogP contribution < -0.4 is 4.90 Å². The number of fused-ring (bicyclic) bond motifs is 1. The molecular formula is C13H12N4O3S2. The fourth-order valence-corrected chi connectivity index (χ4v) is 3.62. The van der Waals surface area contributed by atoms with Gasteiger partial charge in [-0.15, -0.1) is 10.2 Å². The van der Waals surface area contributed by atoms with Gasteiger partial charge in [0.15, 0.2) is 5.13 Å². The van der Waals surface area contributed by atoms with Crippen LogP contribution in [0.3, 0.4) is 0 Å². The smallest absolute Gasteiger partial charge is 0.335 e. The highest BCUT2D eigenvalue weighted by Crippen LogP contribution is 2.30. The van der Waals surface area contributed by atoms with Crippen molar-refractivity contribution in [2.24, 2.45) is 0 Å². The van der Waals surface area contributed by atoms with E-state index >= 15 is 0 Å². The largest absolute Gasteiger partial charge is 0.478 e. The summed E-state index contributed by atoms with van der Waals surface area (Å²) in [6.07, 6.45) is 0. The van der Waals surface area contributed by atoms with Crippen LogP contribution in [0.2, 0.25) is 0 Å². The number of benzene rings is 1. The summed E-state index contributed by atoms with van der Waals surface area (Å²) in [5.41, 5.74) is 1.02. The lowest BCUT2D eigenvalue weighted by Gasteiger charge is -2.12. The van der Waals surface area contributed by atoms with Crippen LogP contribution >= 0.6 is 22.7 Å². The summed E-state index contributed by atoms with van der Waals surface area (Å²) in [7, 11) is 1.88. The normalized spacial score (nSPS) is 11.0.